The summed E-state index contributed by atoms with van der Waals surface area (Å²) in [7, 11) is 2.93. The van der Waals surface area contributed by atoms with E-state index in [0.717, 1.165) is 0 Å². The molecule has 0 amide bonds. The Morgan fingerprint density at radius 1 is 1.40 bits per heavy atom. The largest absolute Gasteiger partial charge is 0.495 e. The van der Waals surface area contributed by atoms with Gasteiger partial charge in [0.05, 0.1) is 18.2 Å². The zero-order valence-corrected chi connectivity index (χ0v) is 9.18. The highest BCUT2D eigenvalue weighted by Gasteiger charge is 2.21. The van der Waals surface area contributed by atoms with Crippen molar-refractivity contribution in [2.75, 3.05) is 14.2 Å². The first kappa shape index (κ1) is 12.2. The van der Waals surface area contributed by atoms with Crippen LogP contribution in [0.3, 0.4) is 0 Å². The van der Waals surface area contributed by atoms with Crippen LogP contribution in [-0.4, -0.2) is 20.6 Å². The molecule has 0 fully saturated rings. The summed E-state index contributed by atoms with van der Waals surface area (Å²) in [6.45, 7) is 0. The summed E-state index contributed by atoms with van der Waals surface area (Å²) in [6.07, 6.45) is -2.47. The number of benzene rings is 1. The average Bonchev–Trinajstić information content (AvgIpc) is 2.21. The van der Waals surface area contributed by atoms with Crippen LogP contribution in [0.15, 0.2) is 18.2 Å². The molecule has 0 saturated heterocycles. The minimum Gasteiger partial charge on any atom is -0.495 e. The molecule has 0 aliphatic rings. The number of nitrogens with one attached hydrogen (secondary N) is 1. The molecule has 0 aromatic heterocycles. The third-order valence-electron chi connectivity index (χ3n) is 2.10. The number of rotatable bonds is 4. The summed E-state index contributed by atoms with van der Waals surface area (Å²) in [5, 5.41) is 2.95. The van der Waals surface area contributed by atoms with Crippen molar-refractivity contribution in [1.82, 2.24) is 5.32 Å². The number of methoxy groups -OCH3 is 1. The molecule has 0 aliphatic carbocycles. The first-order valence-corrected chi connectivity index (χ1v) is 4.76. The zero-order valence-electron chi connectivity index (χ0n) is 8.43. The molecule has 1 unspecified atom stereocenters. The van der Waals surface area contributed by atoms with E-state index in [1.807, 2.05) is 0 Å². The predicted octanol–water partition coefficient (Wildman–Crippen LogP) is 2.87. The molecule has 0 radical (unpaired) electrons. The van der Waals surface area contributed by atoms with Crippen molar-refractivity contribution >= 4 is 11.6 Å². The molecule has 0 spiro atoms. The summed E-state index contributed by atoms with van der Waals surface area (Å²) in [5.74, 6) is 0.398. The molecule has 84 valence electrons. The Bertz CT molecular complexity index is 333. The van der Waals surface area contributed by atoms with Gasteiger partial charge in [-0.1, -0.05) is 17.7 Å². The Morgan fingerprint density at radius 3 is 2.53 bits per heavy atom. The topological polar surface area (TPSA) is 21.3 Å². The highest BCUT2D eigenvalue weighted by molar-refractivity contribution is 6.32. The molecule has 1 N–H and O–H groups in total. The molecule has 1 aromatic carbocycles. The number of hydrogen-bond acceptors (Lipinski definition) is 2. The summed E-state index contributed by atoms with van der Waals surface area (Å²) in [6, 6.07) is 3.60. The Labute approximate surface area is 92.2 Å². The van der Waals surface area contributed by atoms with Crippen LogP contribution in [0.2, 0.25) is 5.02 Å². The second-order valence-electron chi connectivity index (χ2n) is 2.99. The maximum Gasteiger partial charge on any atom is 0.257 e. The molecule has 0 aliphatic heterocycles. The fraction of sp³-hybridized carbons (Fsp3) is 0.400. The maximum atomic E-state index is 12.6. The molecule has 15 heavy (non-hydrogen) atoms. The minimum absolute atomic E-state index is 0.398. The van der Waals surface area contributed by atoms with E-state index in [9.17, 15) is 8.78 Å². The predicted molar refractivity (Wildman–Crippen MR) is 55.8 cm³/mol. The molecule has 2 nitrogen and oxygen atoms in total. The molecule has 1 rings (SSSR count). The van der Waals surface area contributed by atoms with Crippen LogP contribution in [0.25, 0.3) is 0 Å². The first-order valence-electron chi connectivity index (χ1n) is 4.39. The Morgan fingerprint density at radius 2 is 2.07 bits per heavy atom. The molecule has 1 aromatic rings. The van der Waals surface area contributed by atoms with E-state index >= 15 is 0 Å². The normalized spacial score (nSPS) is 12.9. The van der Waals surface area contributed by atoms with Gasteiger partial charge in [0.25, 0.3) is 6.43 Å². The summed E-state index contributed by atoms with van der Waals surface area (Å²) >= 11 is 5.79. The molecule has 0 bridgehead atoms. The number of alkyl halides is 2. The first-order chi connectivity index (χ1) is 7.10. The molecule has 0 heterocycles. The SMILES string of the molecule is CNC(c1ccc(Cl)c(OC)c1)C(F)F. The fourth-order valence-electron chi connectivity index (χ4n) is 1.31. The van der Waals surface area contributed by atoms with Gasteiger partial charge < -0.3 is 10.1 Å². The van der Waals surface area contributed by atoms with Crippen LogP contribution >= 0.6 is 11.6 Å². The molecular weight excluding hydrogens is 224 g/mol. The molecular formula is C10H12ClF2NO. The number of hydrogen-bond donors (Lipinski definition) is 1. The van der Waals surface area contributed by atoms with Crippen LogP contribution in [0, 0.1) is 0 Å². The van der Waals surface area contributed by atoms with Gasteiger partial charge in [0.15, 0.2) is 0 Å². The molecule has 1 atom stereocenters. The van der Waals surface area contributed by atoms with Gasteiger partial charge in [0.1, 0.15) is 5.75 Å². The van der Waals surface area contributed by atoms with Crippen molar-refractivity contribution in [3.05, 3.63) is 28.8 Å². The van der Waals surface area contributed by atoms with Crippen LogP contribution < -0.4 is 10.1 Å². The fourth-order valence-corrected chi connectivity index (χ4v) is 1.50. The van der Waals surface area contributed by atoms with Crippen LogP contribution in [-0.2, 0) is 0 Å². The second-order valence-corrected chi connectivity index (χ2v) is 3.40. The second kappa shape index (κ2) is 5.28. The summed E-state index contributed by atoms with van der Waals surface area (Å²) in [4.78, 5) is 0. The monoisotopic (exact) mass is 235 g/mol. The van der Waals surface area contributed by atoms with Gasteiger partial charge in [-0.05, 0) is 24.7 Å². The third-order valence-corrected chi connectivity index (χ3v) is 2.41. The van der Waals surface area contributed by atoms with Gasteiger partial charge in [-0.3, -0.25) is 0 Å². The van der Waals surface area contributed by atoms with E-state index in [2.05, 4.69) is 5.32 Å². The Hall–Kier alpha value is -0.870. The van der Waals surface area contributed by atoms with Crippen molar-refractivity contribution in [2.24, 2.45) is 0 Å². The van der Waals surface area contributed by atoms with E-state index < -0.39 is 12.5 Å². The Balaban J connectivity index is 3.03. The van der Waals surface area contributed by atoms with Crippen LogP contribution in [0.4, 0.5) is 8.78 Å². The highest BCUT2D eigenvalue weighted by Crippen LogP contribution is 2.29. The van der Waals surface area contributed by atoms with Crippen molar-refractivity contribution in [3.63, 3.8) is 0 Å². The van der Waals surface area contributed by atoms with Crippen LogP contribution in [0.5, 0.6) is 5.75 Å². The van der Waals surface area contributed by atoms with Crippen molar-refractivity contribution in [2.45, 2.75) is 12.5 Å². The number of halogens is 3. The summed E-state index contributed by atoms with van der Waals surface area (Å²) < 4.78 is 30.1. The Kier molecular flexibility index (Phi) is 4.29. The maximum absolute atomic E-state index is 12.6. The minimum atomic E-state index is -2.47. The van der Waals surface area contributed by atoms with Gasteiger partial charge in [-0.15, -0.1) is 0 Å². The van der Waals surface area contributed by atoms with E-state index in [-0.39, 0.29) is 0 Å². The lowest BCUT2D eigenvalue weighted by molar-refractivity contribution is 0.102. The molecule has 5 heteroatoms. The van der Waals surface area contributed by atoms with E-state index in [4.69, 9.17) is 16.3 Å². The molecule has 0 saturated carbocycles. The van der Waals surface area contributed by atoms with Gasteiger partial charge in [0, 0.05) is 0 Å². The lowest BCUT2D eigenvalue weighted by Gasteiger charge is -2.16. The van der Waals surface area contributed by atoms with Crippen LogP contribution in [0.1, 0.15) is 11.6 Å². The van der Waals surface area contributed by atoms with Crippen molar-refractivity contribution < 1.29 is 13.5 Å². The van der Waals surface area contributed by atoms with Crippen molar-refractivity contribution in [3.8, 4) is 5.75 Å². The van der Waals surface area contributed by atoms with E-state index in [1.165, 1.54) is 20.2 Å². The average molecular weight is 236 g/mol. The third kappa shape index (κ3) is 2.79. The lowest BCUT2D eigenvalue weighted by Crippen LogP contribution is -2.23. The standard InChI is InChI=1S/C10H12ClF2NO/c1-14-9(10(12)13)6-3-4-7(11)8(5-6)15-2/h3-5,9-10,14H,1-2H3. The van der Waals surface area contributed by atoms with E-state index in [0.29, 0.717) is 16.3 Å². The summed E-state index contributed by atoms with van der Waals surface area (Å²) in [5.41, 5.74) is 0.453. The van der Waals surface area contributed by atoms with E-state index in [1.54, 1.807) is 12.1 Å². The highest BCUT2D eigenvalue weighted by atomic mass is 35.5. The van der Waals surface area contributed by atoms with Gasteiger partial charge >= 0.3 is 0 Å². The smallest absolute Gasteiger partial charge is 0.257 e. The van der Waals surface area contributed by atoms with Crippen molar-refractivity contribution in [1.29, 1.82) is 0 Å². The lowest BCUT2D eigenvalue weighted by atomic mass is 10.1. The number of ether oxygens (including phenoxy) is 1. The van der Waals surface area contributed by atoms with Gasteiger partial charge in [-0.25, -0.2) is 8.78 Å². The quantitative estimate of drug-likeness (QED) is 0.867. The zero-order chi connectivity index (χ0) is 11.4. The van der Waals surface area contributed by atoms with Gasteiger partial charge in [-0.2, -0.15) is 0 Å². The van der Waals surface area contributed by atoms with Gasteiger partial charge in [0.2, 0.25) is 0 Å².